The quantitative estimate of drug-likeness (QED) is 0.0379. The summed E-state index contributed by atoms with van der Waals surface area (Å²) in [6.07, 6.45) is 1.42. The summed E-state index contributed by atoms with van der Waals surface area (Å²) in [5.74, 6) is -5.73. The van der Waals surface area contributed by atoms with Crippen LogP contribution in [0, 0.1) is 5.41 Å². The third kappa shape index (κ3) is 12.3. The van der Waals surface area contributed by atoms with Crippen LogP contribution in [0.4, 0.5) is 0 Å². The van der Waals surface area contributed by atoms with Gasteiger partial charge in [0.2, 0.25) is 29.5 Å². The number of rotatable bonds is 19. The number of fused-ring (bicyclic) bond motifs is 1. The van der Waals surface area contributed by atoms with E-state index < -0.39 is 72.6 Å². The summed E-state index contributed by atoms with van der Waals surface area (Å²) in [5, 5.41) is 29.6. The first-order chi connectivity index (χ1) is 23.3. The van der Waals surface area contributed by atoms with Crippen molar-refractivity contribution in [3.8, 4) is 0 Å². The van der Waals surface area contributed by atoms with Gasteiger partial charge in [-0.3, -0.25) is 34.2 Å². The second-order valence-electron chi connectivity index (χ2n) is 11.3. The molecule has 0 aliphatic heterocycles. The molecule has 0 radical (unpaired) electrons. The lowest BCUT2D eigenvalue weighted by Gasteiger charge is -2.26. The summed E-state index contributed by atoms with van der Waals surface area (Å²) >= 11 is 0. The molecule has 0 aliphatic carbocycles. The topological polar surface area (TPSA) is 300 Å². The molecule has 2 aromatic carbocycles. The van der Waals surface area contributed by atoms with E-state index in [0.29, 0.717) is 5.56 Å². The van der Waals surface area contributed by atoms with Gasteiger partial charge in [0, 0.05) is 30.1 Å². The molecule has 3 aromatic rings. The average molecular weight is 679 g/mol. The number of guanidine groups is 1. The van der Waals surface area contributed by atoms with Gasteiger partial charge < -0.3 is 53.9 Å². The van der Waals surface area contributed by atoms with Crippen LogP contribution in [-0.2, 0) is 41.6 Å². The zero-order chi connectivity index (χ0) is 35.9. The predicted molar refractivity (Wildman–Crippen MR) is 180 cm³/mol. The Morgan fingerprint density at radius 1 is 0.776 bits per heavy atom. The lowest BCUT2D eigenvalue weighted by Crippen LogP contribution is -2.58. The largest absolute Gasteiger partial charge is 0.480 e. The van der Waals surface area contributed by atoms with Crippen molar-refractivity contribution in [1.82, 2.24) is 31.6 Å². The van der Waals surface area contributed by atoms with Crippen LogP contribution in [0.3, 0.4) is 0 Å². The molecule has 4 atom stereocenters. The summed E-state index contributed by atoms with van der Waals surface area (Å²) in [6.45, 7) is -0.528. The van der Waals surface area contributed by atoms with Crippen LogP contribution in [0.2, 0.25) is 0 Å². The first-order valence-corrected chi connectivity index (χ1v) is 15.4. The molecule has 14 N–H and O–H groups in total. The number of nitrogens with two attached hydrogens (primary N) is 3. The number of aromatic nitrogens is 1. The first-order valence-electron chi connectivity index (χ1n) is 15.4. The zero-order valence-corrected chi connectivity index (χ0v) is 26.7. The van der Waals surface area contributed by atoms with Gasteiger partial charge >= 0.3 is 5.97 Å². The Balaban J connectivity index is 1.77. The van der Waals surface area contributed by atoms with E-state index in [1.807, 2.05) is 24.3 Å². The zero-order valence-electron chi connectivity index (χ0n) is 26.7. The van der Waals surface area contributed by atoms with E-state index in [1.165, 1.54) is 0 Å². The number of amides is 5. The number of aliphatic carboxylic acids is 1. The maximum atomic E-state index is 13.6. The van der Waals surface area contributed by atoms with Gasteiger partial charge in [-0.2, -0.15) is 0 Å². The summed E-state index contributed by atoms with van der Waals surface area (Å²) in [7, 11) is 0. The number of benzene rings is 2. The van der Waals surface area contributed by atoms with Crippen LogP contribution in [0.1, 0.15) is 30.4 Å². The fourth-order valence-electron chi connectivity index (χ4n) is 5.01. The van der Waals surface area contributed by atoms with Gasteiger partial charge in [0.25, 0.3) is 0 Å². The lowest BCUT2D eigenvalue weighted by molar-refractivity contribution is -0.138. The van der Waals surface area contributed by atoms with Crippen molar-refractivity contribution in [3.05, 3.63) is 71.9 Å². The Labute approximate surface area is 281 Å². The van der Waals surface area contributed by atoms with E-state index in [-0.39, 0.29) is 38.2 Å². The fourth-order valence-corrected chi connectivity index (χ4v) is 5.01. The van der Waals surface area contributed by atoms with Crippen LogP contribution in [0.15, 0.2) is 60.8 Å². The van der Waals surface area contributed by atoms with Crippen molar-refractivity contribution in [1.29, 1.82) is 5.41 Å². The number of carbonyl (C=O) groups excluding carboxylic acids is 5. The number of carboxylic acid groups (broad SMARTS) is 1. The van der Waals surface area contributed by atoms with Gasteiger partial charge in [0.1, 0.15) is 24.7 Å². The molecular formula is C32H42N10O7. The van der Waals surface area contributed by atoms with Crippen molar-refractivity contribution < 1.29 is 33.9 Å². The molecule has 49 heavy (non-hydrogen) atoms. The van der Waals surface area contributed by atoms with Crippen molar-refractivity contribution in [2.45, 2.75) is 56.3 Å². The molecule has 17 heteroatoms. The van der Waals surface area contributed by atoms with E-state index >= 15 is 0 Å². The van der Waals surface area contributed by atoms with Crippen LogP contribution in [0.25, 0.3) is 10.9 Å². The monoisotopic (exact) mass is 678 g/mol. The minimum Gasteiger partial charge on any atom is -0.480 e. The maximum absolute atomic E-state index is 13.6. The molecule has 0 saturated carbocycles. The van der Waals surface area contributed by atoms with Gasteiger partial charge in [0.15, 0.2) is 5.96 Å². The van der Waals surface area contributed by atoms with E-state index in [1.54, 1.807) is 36.5 Å². The van der Waals surface area contributed by atoms with Crippen molar-refractivity contribution in [2.75, 3.05) is 13.1 Å². The van der Waals surface area contributed by atoms with Crippen molar-refractivity contribution in [2.24, 2.45) is 17.2 Å². The van der Waals surface area contributed by atoms with Gasteiger partial charge in [-0.15, -0.1) is 0 Å². The minimum absolute atomic E-state index is 0.000728. The Hall–Kier alpha value is -5.97. The van der Waals surface area contributed by atoms with Crippen molar-refractivity contribution in [3.63, 3.8) is 0 Å². The van der Waals surface area contributed by atoms with Gasteiger partial charge in [-0.25, -0.2) is 0 Å². The normalized spacial score (nSPS) is 13.2. The fraction of sp³-hybridized carbons (Fsp3) is 0.344. The van der Waals surface area contributed by atoms with Gasteiger partial charge in [-0.1, -0.05) is 48.5 Å². The summed E-state index contributed by atoms with van der Waals surface area (Å²) in [4.78, 5) is 79.2. The summed E-state index contributed by atoms with van der Waals surface area (Å²) < 4.78 is 0. The molecule has 5 amide bonds. The Morgan fingerprint density at radius 3 is 2.08 bits per heavy atom. The minimum atomic E-state index is -1.50. The SMILES string of the molecule is N=C(N)NCCC[C@H](NC(=O)[C@H](CC(N)=O)NC(=O)[C@@H](N)Cc1c[nH]c2ccccc12)C(=O)N[C@@H](Cc1ccccc1)C(=O)NCC(=O)O. The van der Waals surface area contributed by atoms with Crippen LogP contribution >= 0.6 is 0 Å². The van der Waals surface area contributed by atoms with Crippen LogP contribution in [-0.4, -0.2) is 88.8 Å². The Bertz CT molecular complexity index is 1650. The molecule has 1 heterocycles. The molecule has 1 aromatic heterocycles. The summed E-state index contributed by atoms with van der Waals surface area (Å²) in [6, 6.07) is 11.0. The highest BCUT2D eigenvalue weighted by Gasteiger charge is 2.31. The van der Waals surface area contributed by atoms with Crippen LogP contribution < -0.4 is 43.8 Å². The maximum Gasteiger partial charge on any atom is 0.322 e. The van der Waals surface area contributed by atoms with Gasteiger partial charge in [0.05, 0.1) is 12.5 Å². The highest BCUT2D eigenvalue weighted by Crippen LogP contribution is 2.19. The van der Waals surface area contributed by atoms with E-state index in [9.17, 15) is 28.8 Å². The average Bonchev–Trinajstić information content (AvgIpc) is 3.46. The van der Waals surface area contributed by atoms with E-state index in [0.717, 1.165) is 16.5 Å². The Morgan fingerprint density at radius 2 is 1.41 bits per heavy atom. The third-order valence-corrected chi connectivity index (χ3v) is 7.44. The molecule has 0 bridgehead atoms. The number of nitrogens with one attached hydrogen (secondary N) is 7. The highest BCUT2D eigenvalue weighted by atomic mass is 16.4. The number of para-hydroxylation sites is 1. The number of carbonyl (C=O) groups is 6. The van der Waals surface area contributed by atoms with Gasteiger partial charge in [-0.05, 0) is 36.5 Å². The van der Waals surface area contributed by atoms with Crippen molar-refractivity contribution >= 4 is 52.4 Å². The predicted octanol–water partition coefficient (Wildman–Crippen LogP) is -1.93. The molecule has 3 rings (SSSR count). The summed E-state index contributed by atoms with van der Waals surface area (Å²) in [5.41, 5.74) is 19.2. The Kier molecular flexibility index (Phi) is 14.1. The standard InChI is InChI=1S/C32H42N10O7/c33-21(14-19-16-38-22-10-5-4-9-20(19)22)28(46)41-25(15-26(34)43)31(49)40-23(11-6-12-37-32(35)36)30(48)42-24(29(47)39-17-27(44)45)13-18-7-2-1-3-8-18/h1-5,7-10,16,21,23-25,38H,6,11-15,17,33H2,(H2,34,43)(H,39,47)(H,40,49)(H,41,46)(H,42,48)(H,44,45)(H4,35,36,37)/t21-,23-,24-,25-/m0/s1. The number of carboxylic acids is 1. The first kappa shape index (κ1) is 37.5. The number of primary amides is 1. The molecule has 0 aliphatic rings. The second kappa shape index (κ2) is 18.4. The molecular weight excluding hydrogens is 636 g/mol. The highest BCUT2D eigenvalue weighted by molar-refractivity contribution is 5.97. The smallest absolute Gasteiger partial charge is 0.322 e. The molecule has 262 valence electrons. The van der Waals surface area contributed by atoms with Crippen LogP contribution in [0.5, 0.6) is 0 Å². The number of hydrogen-bond acceptors (Lipinski definition) is 8. The molecule has 17 nitrogen and oxygen atoms in total. The van der Waals surface area contributed by atoms with E-state index in [2.05, 4.69) is 31.6 Å². The number of aromatic amines is 1. The molecule has 0 saturated heterocycles. The number of H-pyrrole nitrogens is 1. The molecule has 0 spiro atoms. The number of hydrogen-bond donors (Lipinski definition) is 11. The lowest BCUT2D eigenvalue weighted by atomic mass is 10.0. The second-order valence-corrected chi connectivity index (χ2v) is 11.3. The molecule has 0 unspecified atom stereocenters. The van der Waals surface area contributed by atoms with E-state index in [4.69, 9.17) is 27.7 Å². The third-order valence-electron chi connectivity index (χ3n) is 7.44. The molecule has 0 fully saturated rings.